The molecule has 1 aliphatic rings. The monoisotopic (exact) mass is 337 g/mol. The maximum atomic E-state index is 13.4. The second-order valence-corrected chi connectivity index (χ2v) is 7.19. The molecule has 0 aliphatic carbocycles. The SMILES string of the molecule is Cc1ccc(-c2ccc(C)cc2C(=O)N2CCCC(C)C2CN)nc1. The fourth-order valence-corrected chi connectivity index (χ4v) is 3.70. The molecule has 0 radical (unpaired) electrons. The highest BCUT2D eigenvalue weighted by Crippen LogP contribution is 2.29. The molecule has 2 unspecified atom stereocenters. The van der Waals surface area contributed by atoms with Gasteiger partial charge in [-0.25, -0.2) is 0 Å². The van der Waals surface area contributed by atoms with Gasteiger partial charge in [0.15, 0.2) is 0 Å². The van der Waals surface area contributed by atoms with Crippen LogP contribution >= 0.6 is 0 Å². The first-order valence-electron chi connectivity index (χ1n) is 9.06. The van der Waals surface area contributed by atoms with E-state index in [0.29, 0.717) is 12.5 Å². The van der Waals surface area contributed by atoms with Crippen LogP contribution < -0.4 is 5.73 Å². The number of aryl methyl sites for hydroxylation is 2. The minimum atomic E-state index is 0.0723. The third-order valence-corrected chi connectivity index (χ3v) is 5.21. The Morgan fingerprint density at radius 2 is 2.00 bits per heavy atom. The van der Waals surface area contributed by atoms with Crippen molar-refractivity contribution in [3.05, 3.63) is 53.2 Å². The number of piperidine rings is 1. The number of benzene rings is 1. The van der Waals surface area contributed by atoms with Gasteiger partial charge in [-0.15, -0.1) is 0 Å². The molecule has 1 saturated heterocycles. The second-order valence-electron chi connectivity index (χ2n) is 7.19. The maximum Gasteiger partial charge on any atom is 0.254 e. The van der Waals surface area contributed by atoms with E-state index in [1.54, 1.807) is 0 Å². The molecule has 0 bridgehead atoms. The number of carbonyl (C=O) groups is 1. The smallest absolute Gasteiger partial charge is 0.254 e. The van der Waals surface area contributed by atoms with Crippen molar-refractivity contribution < 1.29 is 4.79 Å². The standard InChI is InChI=1S/C21H27N3O/c1-14-6-8-17(19-9-7-15(2)13-23-19)18(11-14)21(25)24-10-4-5-16(3)20(24)12-22/h6-9,11,13,16,20H,4-5,10,12,22H2,1-3H3. The summed E-state index contributed by atoms with van der Waals surface area (Å²) in [6.45, 7) is 7.51. The van der Waals surface area contributed by atoms with Crippen LogP contribution in [0.15, 0.2) is 36.5 Å². The lowest BCUT2D eigenvalue weighted by molar-refractivity contribution is 0.0533. The van der Waals surface area contributed by atoms with Crippen LogP contribution in [0.1, 0.15) is 41.3 Å². The zero-order valence-corrected chi connectivity index (χ0v) is 15.3. The van der Waals surface area contributed by atoms with E-state index in [1.807, 2.05) is 55.3 Å². The Bertz CT molecular complexity index is 754. The molecule has 4 heteroatoms. The van der Waals surface area contributed by atoms with Crippen molar-refractivity contribution in [3.63, 3.8) is 0 Å². The van der Waals surface area contributed by atoms with E-state index in [4.69, 9.17) is 5.73 Å². The summed E-state index contributed by atoms with van der Waals surface area (Å²) < 4.78 is 0. The predicted octanol–water partition coefficient (Wildman–Crippen LogP) is 3.56. The van der Waals surface area contributed by atoms with Gasteiger partial charge in [0.1, 0.15) is 0 Å². The van der Waals surface area contributed by atoms with Crippen molar-refractivity contribution in [2.45, 2.75) is 39.7 Å². The third kappa shape index (κ3) is 3.59. The van der Waals surface area contributed by atoms with Crippen molar-refractivity contribution in [1.82, 2.24) is 9.88 Å². The molecule has 4 nitrogen and oxygen atoms in total. The maximum absolute atomic E-state index is 13.4. The van der Waals surface area contributed by atoms with Crippen LogP contribution in [-0.2, 0) is 0 Å². The number of rotatable bonds is 3. The lowest BCUT2D eigenvalue weighted by atomic mass is 9.89. The number of amides is 1. The van der Waals surface area contributed by atoms with Gasteiger partial charge in [-0.05, 0) is 50.3 Å². The fraction of sp³-hybridized carbons (Fsp3) is 0.429. The summed E-state index contributed by atoms with van der Waals surface area (Å²) >= 11 is 0. The van der Waals surface area contributed by atoms with Crippen LogP contribution in [0.3, 0.4) is 0 Å². The molecule has 2 heterocycles. The molecule has 1 fully saturated rings. The van der Waals surface area contributed by atoms with E-state index >= 15 is 0 Å². The topological polar surface area (TPSA) is 59.2 Å². The number of pyridine rings is 1. The highest BCUT2D eigenvalue weighted by atomic mass is 16.2. The van der Waals surface area contributed by atoms with Crippen LogP contribution in [0.2, 0.25) is 0 Å². The molecule has 0 saturated carbocycles. The number of nitrogens with two attached hydrogens (primary N) is 1. The van der Waals surface area contributed by atoms with E-state index in [2.05, 4.69) is 11.9 Å². The van der Waals surface area contributed by atoms with Crippen molar-refractivity contribution in [1.29, 1.82) is 0 Å². The summed E-state index contributed by atoms with van der Waals surface area (Å²) in [4.78, 5) is 19.9. The number of likely N-dealkylation sites (tertiary alicyclic amines) is 1. The lowest BCUT2D eigenvalue weighted by Crippen LogP contribution is -2.51. The summed E-state index contributed by atoms with van der Waals surface area (Å²) in [6, 6.07) is 10.1. The van der Waals surface area contributed by atoms with Crippen LogP contribution in [-0.4, -0.2) is 34.9 Å². The number of hydrogen-bond acceptors (Lipinski definition) is 3. The molecule has 1 aromatic heterocycles. The van der Waals surface area contributed by atoms with Crippen molar-refractivity contribution in [2.75, 3.05) is 13.1 Å². The summed E-state index contributed by atoms with van der Waals surface area (Å²) in [5.41, 5.74) is 10.6. The highest BCUT2D eigenvalue weighted by molar-refractivity contribution is 6.01. The summed E-state index contributed by atoms with van der Waals surface area (Å²) in [5, 5.41) is 0. The molecule has 1 aromatic carbocycles. The van der Waals surface area contributed by atoms with Crippen molar-refractivity contribution in [3.8, 4) is 11.3 Å². The van der Waals surface area contributed by atoms with Gasteiger partial charge in [-0.3, -0.25) is 9.78 Å². The molecule has 2 N–H and O–H groups in total. The number of nitrogens with zero attached hydrogens (tertiary/aromatic N) is 2. The van der Waals surface area contributed by atoms with Crippen LogP contribution in [0.4, 0.5) is 0 Å². The van der Waals surface area contributed by atoms with Gasteiger partial charge in [0, 0.05) is 36.5 Å². The predicted molar refractivity (Wildman–Crippen MR) is 101 cm³/mol. The minimum Gasteiger partial charge on any atom is -0.334 e. The molecule has 1 aliphatic heterocycles. The normalized spacial score (nSPS) is 20.6. The third-order valence-electron chi connectivity index (χ3n) is 5.21. The summed E-state index contributed by atoms with van der Waals surface area (Å²) in [7, 11) is 0. The fourth-order valence-electron chi connectivity index (χ4n) is 3.70. The quantitative estimate of drug-likeness (QED) is 0.931. The average molecular weight is 337 g/mol. The average Bonchev–Trinajstić information content (AvgIpc) is 2.61. The van der Waals surface area contributed by atoms with Crippen LogP contribution in [0.25, 0.3) is 11.3 Å². The highest BCUT2D eigenvalue weighted by Gasteiger charge is 2.32. The van der Waals surface area contributed by atoms with Crippen LogP contribution in [0.5, 0.6) is 0 Å². The molecule has 2 atom stereocenters. The van der Waals surface area contributed by atoms with E-state index in [0.717, 1.165) is 47.3 Å². The van der Waals surface area contributed by atoms with E-state index < -0.39 is 0 Å². The molecule has 3 rings (SSSR count). The largest absolute Gasteiger partial charge is 0.334 e. The molecule has 0 spiro atoms. The van der Waals surface area contributed by atoms with Gasteiger partial charge < -0.3 is 10.6 Å². The molecular formula is C21H27N3O. The van der Waals surface area contributed by atoms with Crippen LogP contribution in [0, 0.1) is 19.8 Å². The Balaban J connectivity index is 2.02. The summed E-state index contributed by atoms with van der Waals surface area (Å²) in [5.74, 6) is 0.511. The minimum absolute atomic E-state index is 0.0723. The second kappa shape index (κ2) is 7.36. The van der Waals surface area contributed by atoms with Gasteiger partial charge in [0.2, 0.25) is 0 Å². The van der Waals surface area contributed by atoms with Gasteiger partial charge in [-0.1, -0.05) is 30.7 Å². The number of aromatic nitrogens is 1. The van der Waals surface area contributed by atoms with Gasteiger partial charge in [0.25, 0.3) is 5.91 Å². The summed E-state index contributed by atoms with van der Waals surface area (Å²) in [6.07, 6.45) is 4.01. The Morgan fingerprint density at radius 1 is 1.24 bits per heavy atom. The van der Waals surface area contributed by atoms with Crippen molar-refractivity contribution >= 4 is 5.91 Å². The lowest BCUT2D eigenvalue weighted by Gasteiger charge is -2.39. The van der Waals surface area contributed by atoms with Gasteiger partial charge in [-0.2, -0.15) is 0 Å². The number of carbonyl (C=O) groups excluding carboxylic acids is 1. The molecular weight excluding hydrogens is 310 g/mol. The first-order chi connectivity index (χ1) is 12.0. The zero-order chi connectivity index (χ0) is 18.0. The van der Waals surface area contributed by atoms with E-state index in [-0.39, 0.29) is 11.9 Å². The molecule has 25 heavy (non-hydrogen) atoms. The van der Waals surface area contributed by atoms with Gasteiger partial charge >= 0.3 is 0 Å². The van der Waals surface area contributed by atoms with E-state index in [9.17, 15) is 4.79 Å². The molecule has 2 aromatic rings. The number of hydrogen-bond donors (Lipinski definition) is 1. The molecule has 1 amide bonds. The van der Waals surface area contributed by atoms with Gasteiger partial charge in [0.05, 0.1) is 5.69 Å². The first-order valence-corrected chi connectivity index (χ1v) is 9.06. The Hall–Kier alpha value is -2.20. The zero-order valence-electron chi connectivity index (χ0n) is 15.3. The first kappa shape index (κ1) is 17.6. The van der Waals surface area contributed by atoms with Crippen molar-refractivity contribution in [2.24, 2.45) is 11.7 Å². The molecule has 132 valence electrons. The Labute approximate surface area is 150 Å². The Morgan fingerprint density at radius 3 is 2.68 bits per heavy atom. The Kier molecular flexibility index (Phi) is 5.19. The van der Waals surface area contributed by atoms with E-state index in [1.165, 1.54) is 0 Å².